The number of hydrogen-bond donors (Lipinski definition) is 0. The van der Waals surface area contributed by atoms with Crippen LogP contribution >= 0.6 is 11.8 Å². The summed E-state index contributed by atoms with van der Waals surface area (Å²) in [5.41, 5.74) is 4.38. The molecule has 0 aromatic heterocycles. The van der Waals surface area contributed by atoms with Crippen molar-refractivity contribution >= 4 is 17.5 Å². The molecule has 0 amide bonds. The second-order valence-electron chi connectivity index (χ2n) is 12.4. The van der Waals surface area contributed by atoms with Gasteiger partial charge in [-0.2, -0.15) is 23.8 Å². The first-order valence-electron chi connectivity index (χ1n) is 16.4. The van der Waals surface area contributed by atoms with Gasteiger partial charge in [0.05, 0.1) is 0 Å². The molecule has 6 heteroatoms. The van der Waals surface area contributed by atoms with E-state index in [4.69, 9.17) is 19.5 Å². The molecule has 2 aliphatic carbocycles. The molecule has 39 heavy (non-hydrogen) atoms. The van der Waals surface area contributed by atoms with E-state index in [1.807, 2.05) is 17.8 Å². The summed E-state index contributed by atoms with van der Waals surface area (Å²) in [4.78, 5) is 4.42. The Balaban J connectivity index is 0.000000189. The SMILES string of the molecule is C[C@H]1C[C-]=C([C@@H]2C[C@H](C)[C@H](C)C[N-]2)CC1.[2H]C([2H])([2H])C1=N[C@H]2OC3=C(C4CC=C5CCSC5[N-]4)[CH-]CC[C@H]3C2C=C1.[Ir]. The van der Waals surface area contributed by atoms with Crippen LogP contribution in [0.25, 0.3) is 10.6 Å². The van der Waals surface area contributed by atoms with Gasteiger partial charge in [0.15, 0.2) is 6.23 Å². The van der Waals surface area contributed by atoms with Crippen LogP contribution in [0, 0.1) is 42.1 Å². The minimum absolute atomic E-state index is 0. The van der Waals surface area contributed by atoms with Gasteiger partial charge >= 0.3 is 0 Å². The molecule has 3 unspecified atom stereocenters. The van der Waals surface area contributed by atoms with Gasteiger partial charge in [0.2, 0.25) is 0 Å². The van der Waals surface area contributed by atoms with Gasteiger partial charge in [-0.15, -0.1) is 25.0 Å². The Hall–Kier alpha value is -0.781. The van der Waals surface area contributed by atoms with E-state index in [9.17, 15) is 0 Å². The van der Waals surface area contributed by atoms with E-state index in [1.165, 1.54) is 48.2 Å². The standard InChI is InChI=1S/C19H22N2OS.C14H23N.Ir/c1-11-5-7-14-13-3-2-4-15(17(13)22-18(14)20-11)16-8-6-12-9-10-23-19(12)21-16;1-10-4-6-13(7-5-10)14-8-11(2)12(3)9-15-14;/h4-7,13-14,16,18-19H,2-3,8-10H2,1H3;10-12,14H,4-6,8-9H2,1-3H3;/q2*-2;/t13-,14?,16?,18-,19?;10-,11+,12-,14+;/m01./s1/i1D3;;. The number of hydrogen-bond acceptors (Lipinski definition) is 3. The van der Waals surface area contributed by atoms with E-state index < -0.39 is 13.1 Å². The van der Waals surface area contributed by atoms with E-state index in [1.54, 1.807) is 6.08 Å². The Labute approximate surface area is 259 Å². The first kappa shape index (κ1) is 25.9. The number of ether oxygens (including phenoxy) is 1. The molecule has 0 bridgehead atoms. The van der Waals surface area contributed by atoms with Gasteiger partial charge < -0.3 is 21.4 Å². The predicted molar refractivity (Wildman–Crippen MR) is 160 cm³/mol. The van der Waals surface area contributed by atoms with E-state index in [0.717, 1.165) is 55.7 Å². The molecule has 0 aromatic carbocycles. The maximum Gasteiger partial charge on any atom is 0.175 e. The zero-order valence-electron chi connectivity index (χ0n) is 26.6. The van der Waals surface area contributed by atoms with Crippen LogP contribution in [0.5, 0.6) is 0 Å². The Morgan fingerprint density at radius 2 is 2.08 bits per heavy atom. The van der Waals surface area contributed by atoms with Gasteiger partial charge in [0.25, 0.3) is 0 Å². The van der Waals surface area contributed by atoms with Crippen molar-refractivity contribution in [3.63, 3.8) is 0 Å². The Bertz CT molecular complexity index is 1150. The van der Waals surface area contributed by atoms with E-state index in [2.05, 4.69) is 44.3 Å². The smallest absolute Gasteiger partial charge is 0.175 e. The molecule has 0 aromatic rings. The van der Waals surface area contributed by atoms with Crippen LogP contribution in [0.4, 0.5) is 0 Å². The van der Waals surface area contributed by atoms with Crippen molar-refractivity contribution in [1.29, 1.82) is 0 Å². The van der Waals surface area contributed by atoms with Crippen molar-refractivity contribution in [2.45, 2.75) is 103 Å². The van der Waals surface area contributed by atoms with E-state index >= 15 is 0 Å². The van der Waals surface area contributed by atoms with Crippen molar-refractivity contribution < 1.29 is 29.0 Å². The first-order valence-corrected chi connectivity index (χ1v) is 16.0. The van der Waals surface area contributed by atoms with Crippen LogP contribution in [0.15, 0.2) is 45.7 Å². The van der Waals surface area contributed by atoms with Gasteiger partial charge in [-0.1, -0.05) is 81.4 Å². The van der Waals surface area contributed by atoms with Gasteiger partial charge in [-0.25, -0.2) is 11.4 Å². The number of dihydropyridines is 1. The molecule has 7 aliphatic rings. The molecule has 9 atom stereocenters. The van der Waals surface area contributed by atoms with Gasteiger partial charge in [-0.3, -0.25) is 5.57 Å². The van der Waals surface area contributed by atoms with Crippen molar-refractivity contribution in [3.8, 4) is 0 Å². The number of piperidine rings is 1. The predicted octanol–water partition coefficient (Wildman–Crippen LogP) is 8.35. The van der Waals surface area contributed by atoms with Crippen molar-refractivity contribution in [1.82, 2.24) is 0 Å². The summed E-state index contributed by atoms with van der Waals surface area (Å²) in [5, 5.41) is 10.2. The average molecular weight is 727 g/mol. The zero-order chi connectivity index (χ0) is 28.7. The molecule has 3 saturated heterocycles. The third kappa shape index (κ3) is 6.51. The number of allylic oxidation sites excluding steroid dienone is 3. The molecule has 3 fully saturated rings. The molecule has 0 N–H and O–H groups in total. The van der Waals surface area contributed by atoms with Gasteiger partial charge in [0.1, 0.15) is 0 Å². The summed E-state index contributed by atoms with van der Waals surface area (Å²) in [7, 11) is 0. The topological polar surface area (TPSA) is 49.8 Å². The normalized spacial score (nSPS) is 42.2. The molecule has 4 nitrogen and oxygen atoms in total. The van der Waals surface area contributed by atoms with E-state index in [-0.39, 0.29) is 37.8 Å². The quantitative estimate of drug-likeness (QED) is 0.212. The number of thioether (sulfide) groups is 1. The number of rotatable bonds is 2. The summed E-state index contributed by atoms with van der Waals surface area (Å²) in [6.07, 6.45) is 20.7. The third-order valence-corrected chi connectivity index (χ3v) is 10.9. The maximum absolute atomic E-state index is 7.60. The molecule has 0 spiro atoms. The van der Waals surface area contributed by atoms with Crippen molar-refractivity contribution in [2.75, 3.05) is 12.3 Å². The third-order valence-electron chi connectivity index (χ3n) is 9.68. The monoisotopic (exact) mass is 727 g/mol. The van der Waals surface area contributed by atoms with Crippen molar-refractivity contribution in [3.05, 3.63) is 63.8 Å². The number of fused-ring (bicyclic) bond motifs is 4. The molecule has 5 heterocycles. The maximum atomic E-state index is 7.60. The van der Waals surface area contributed by atoms with Crippen molar-refractivity contribution in [2.24, 2.45) is 34.6 Å². The molecule has 217 valence electrons. The van der Waals surface area contributed by atoms with Crippen LogP contribution in [-0.4, -0.2) is 41.7 Å². The second kappa shape index (κ2) is 13.0. The molecule has 5 aliphatic heterocycles. The summed E-state index contributed by atoms with van der Waals surface area (Å²) in [5.74, 6) is 5.09. The number of aliphatic imine (C=N–C) groups is 1. The van der Waals surface area contributed by atoms with E-state index in [0.29, 0.717) is 17.3 Å². The van der Waals surface area contributed by atoms with Crippen LogP contribution in [-0.2, 0) is 24.8 Å². The fraction of sp³-hybridized carbons (Fsp3) is 0.697. The largest absolute Gasteiger partial charge is 0.658 e. The summed E-state index contributed by atoms with van der Waals surface area (Å²) >= 11 is 1.93. The molecular weight excluding hydrogens is 679 g/mol. The zero-order valence-corrected chi connectivity index (χ0v) is 26.8. The van der Waals surface area contributed by atoms with Crippen LogP contribution in [0.1, 0.15) is 83.1 Å². The Kier molecular flexibility index (Phi) is 8.65. The van der Waals surface area contributed by atoms with Gasteiger partial charge in [0, 0.05) is 35.8 Å². The minimum Gasteiger partial charge on any atom is -0.658 e. The second-order valence-corrected chi connectivity index (χ2v) is 13.6. The number of nitrogens with zero attached hydrogens (tertiary/aromatic N) is 3. The van der Waals surface area contributed by atoms with Crippen LogP contribution in [0.3, 0.4) is 0 Å². The summed E-state index contributed by atoms with van der Waals surface area (Å²) < 4.78 is 29.1. The van der Waals surface area contributed by atoms with Gasteiger partial charge in [-0.05, 0) is 49.1 Å². The van der Waals surface area contributed by atoms with Crippen LogP contribution in [0.2, 0.25) is 0 Å². The molecule has 0 saturated carbocycles. The summed E-state index contributed by atoms with van der Waals surface area (Å²) in [6.45, 7) is 5.91. The minimum atomic E-state index is -2.18. The fourth-order valence-corrected chi connectivity index (χ4v) is 8.18. The first-order chi connectivity index (χ1) is 19.7. The summed E-state index contributed by atoms with van der Waals surface area (Å²) in [6, 6.07) is 0.686. The fourth-order valence-electron chi connectivity index (χ4n) is 6.94. The Morgan fingerprint density at radius 1 is 1.18 bits per heavy atom. The van der Waals surface area contributed by atoms with Crippen LogP contribution < -0.4 is 0 Å². The molecule has 7 rings (SSSR count). The molecular formula is C33H45IrN3OS-4. The average Bonchev–Trinajstić information content (AvgIpc) is 3.58. The molecule has 1 radical (unpaired) electrons. The Morgan fingerprint density at radius 3 is 2.87 bits per heavy atom.